The van der Waals surface area contributed by atoms with Crippen LogP contribution in [-0.4, -0.2) is 48.1 Å². The number of piperazine rings is 1. The summed E-state index contributed by atoms with van der Waals surface area (Å²) in [5.41, 5.74) is 0.761. The molecule has 1 aromatic carbocycles. The fraction of sp³-hybridized carbons (Fsp3) is 0.357. The third-order valence-corrected chi connectivity index (χ3v) is 3.86. The molecule has 1 aliphatic rings. The molecule has 1 heterocycles. The molecule has 1 fully saturated rings. The number of thiocarbonyl (C=S) groups is 1. The highest BCUT2D eigenvalue weighted by Crippen LogP contribution is 2.16. The Labute approximate surface area is 138 Å². The van der Waals surface area contributed by atoms with Gasteiger partial charge in [-0.15, -0.1) is 0 Å². The number of carbonyl (C=O) groups is 2. The molecule has 2 N–H and O–H groups in total. The molecule has 0 aromatic heterocycles. The summed E-state index contributed by atoms with van der Waals surface area (Å²) in [5.74, 6) is -0.696. The van der Waals surface area contributed by atoms with Crippen molar-refractivity contribution in [1.29, 1.82) is 0 Å². The largest absolute Gasteiger partial charge is 0.469 e. The van der Waals surface area contributed by atoms with E-state index in [1.807, 2.05) is 0 Å². The number of rotatable bonds is 3. The van der Waals surface area contributed by atoms with Crippen molar-refractivity contribution < 1.29 is 14.3 Å². The smallest absolute Gasteiger partial charge is 0.308 e. The van der Waals surface area contributed by atoms with Crippen molar-refractivity contribution in [3.63, 3.8) is 0 Å². The number of halogens is 1. The highest BCUT2D eigenvalue weighted by Gasteiger charge is 2.33. The molecule has 0 saturated carbocycles. The van der Waals surface area contributed by atoms with Gasteiger partial charge in [0.1, 0.15) is 6.04 Å². The lowest BCUT2D eigenvalue weighted by atomic mass is 10.1. The number of anilines is 1. The van der Waals surface area contributed by atoms with E-state index >= 15 is 0 Å². The third kappa shape index (κ3) is 4.08. The van der Waals surface area contributed by atoms with Gasteiger partial charge in [-0.2, -0.15) is 0 Å². The molecule has 0 radical (unpaired) electrons. The summed E-state index contributed by atoms with van der Waals surface area (Å²) in [6, 6.07) is 6.37. The number of hydrogen-bond donors (Lipinski definition) is 2. The Morgan fingerprint density at radius 3 is 2.82 bits per heavy atom. The lowest BCUT2D eigenvalue weighted by Crippen LogP contribution is -2.58. The van der Waals surface area contributed by atoms with Gasteiger partial charge in [-0.3, -0.25) is 9.59 Å². The Bertz CT molecular complexity index is 579. The van der Waals surface area contributed by atoms with Gasteiger partial charge in [0.15, 0.2) is 5.11 Å². The minimum absolute atomic E-state index is 0.0508. The summed E-state index contributed by atoms with van der Waals surface area (Å²) >= 11 is 11.2. The second kappa shape index (κ2) is 7.42. The fourth-order valence-electron chi connectivity index (χ4n) is 2.13. The number of nitrogens with one attached hydrogen (secondary N) is 2. The minimum atomic E-state index is -0.673. The molecule has 2 rings (SSSR count). The van der Waals surface area contributed by atoms with Gasteiger partial charge < -0.3 is 20.3 Å². The van der Waals surface area contributed by atoms with Crippen LogP contribution in [0.5, 0.6) is 0 Å². The van der Waals surface area contributed by atoms with Crippen molar-refractivity contribution in [2.24, 2.45) is 0 Å². The van der Waals surface area contributed by atoms with Crippen molar-refractivity contribution in [3.8, 4) is 0 Å². The number of hydrogen-bond acceptors (Lipinski definition) is 4. The molecule has 6 nitrogen and oxygen atoms in total. The van der Waals surface area contributed by atoms with Crippen molar-refractivity contribution in [2.45, 2.75) is 12.5 Å². The summed E-state index contributed by atoms with van der Waals surface area (Å²) < 4.78 is 4.64. The van der Waals surface area contributed by atoms with Crippen molar-refractivity contribution in [1.82, 2.24) is 10.2 Å². The predicted molar refractivity (Wildman–Crippen MR) is 87.8 cm³/mol. The third-order valence-electron chi connectivity index (χ3n) is 3.27. The summed E-state index contributed by atoms with van der Waals surface area (Å²) in [6.07, 6.45) is -0.0508. The van der Waals surface area contributed by atoms with E-state index in [1.165, 1.54) is 7.11 Å². The van der Waals surface area contributed by atoms with Gasteiger partial charge in [0.25, 0.3) is 0 Å². The van der Waals surface area contributed by atoms with Crippen LogP contribution >= 0.6 is 23.8 Å². The summed E-state index contributed by atoms with van der Waals surface area (Å²) in [4.78, 5) is 25.2. The summed E-state index contributed by atoms with van der Waals surface area (Å²) in [5, 5.41) is 6.77. The van der Waals surface area contributed by atoms with Crippen LogP contribution in [0.2, 0.25) is 5.02 Å². The Kier molecular flexibility index (Phi) is 5.57. The maximum absolute atomic E-state index is 12.0. The van der Waals surface area contributed by atoms with Gasteiger partial charge in [-0.05, 0) is 36.5 Å². The Morgan fingerprint density at radius 2 is 2.18 bits per heavy atom. The van der Waals surface area contributed by atoms with Crippen LogP contribution in [0.3, 0.4) is 0 Å². The number of benzene rings is 1. The minimum Gasteiger partial charge on any atom is -0.469 e. The number of carbonyl (C=O) groups excluding carboxylic acids is 2. The number of nitrogens with zero attached hydrogens (tertiary/aromatic N) is 1. The van der Waals surface area contributed by atoms with E-state index < -0.39 is 12.0 Å². The Balaban J connectivity index is 2.09. The van der Waals surface area contributed by atoms with Gasteiger partial charge >= 0.3 is 5.97 Å². The number of esters is 1. The molecular formula is C14H16ClN3O3S. The normalized spacial score (nSPS) is 17.6. The molecular weight excluding hydrogens is 326 g/mol. The molecule has 0 bridgehead atoms. The van der Waals surface area contributed by atoms with Crippen LogP contribution < -0.4 is 10.6 Å². The van der Waals surface area contributed by atoms with E-state index in [0.29, 0.717) is 23.2 Å². The van der Waals surface area contributed by atoms with E-state index in [1.54, 1.807) is 29.2 Å². The van der Waals surface area contributed by atoms with Crippen LogP contribution in [-0.2, 0) is 14.3 Å². The van der Waals surface area contributed by atoms with E-state index in [-0.39, 0.29) is 12.3 Å². The first-order valence-electron chi connectivity index (χ1n) is 6.69. The Morgan fingerprint density at radius 1 is 1.50 bits per heavy atom. The first-order chi connectivity index (χ1) is 10.5. The first-order valence-corrected chi connectivity index (χ1v) is 7.47. The summed E-state index contributed by atoms with van der Waals surface area (Å²) in [6.45, 7) is 0.992. The molecule has 1 aromatic rings. The molecule has 1 aliphatic heterocycles. The van der Waals surface area contributed by atoms with Gasteiger partial charge in [-0.1, -0.05) is 11.6 Å². The van der Waals surface area contributed by atoms with Crippen LogP contribution in [0.4, 0.5) is 5.69 Å². The lowest BCUT2D eigenvalue weighted by molar-refractivity contribution is -0.144. The van der Waals surface area contributed by atoms with Crippen molar-refractivity contribution in [3.05, 3.63) is 29.3 Å². The fourth-order valence-corrected chi connectivity index (χ4v) is 2.59. The SMILES string of the molecule is COC(=O)CC1C(=O)NCCN1C(=S)Nc1ccc(Cl)cc1. The van der Waals surface area contributed by atoms with Crippen LogP contribution in [0.25, 0.3) is 0 Å². The van der Waals surface area contributed by atoms with Gasteiger partial charge in [0.05, 0.1) is 13.5 Å². The van der Waals surface area contributed by atoms with E-state index in [2.05, 4.69) is 15.4 Å². The molecule has 1 atom stereocenters. The molecule has 1 unspecified atom stereocenters. The van der Waals surface area contributed by atoms with Crippen LogP contribution in [0.15, 0.2) is 24.3 Å². The molecule has 0 aliphatic carbocycles. The van der Waals surface area contributed by atoms with Crippen LogP contribution in [0.1, 0.15) is 6.42 Å². The zero-order valence-electron chi connectivity index (χ0n) is 12.0. The number of amides is 1. The molecule has 1 saturated heterocycles. The van der Waals surface area contributed by atoms with E-state index in [9.17, 15) is 9.59 Å². The average Bonchev–Trinajstić information content (AvgIpc) is 2.51. The maximum Gasteiger partial charge on any atom is 0.308 e. The zero-order chi connectivity index (χ0) is 16.1. The highest BCUT2D eigenvalue weighted by atomic mass is 35.5. The average molecular weight is 342 g/mol. The molecule has 0 spiro atoms. The van der Waals surface area contributed by atoms with Gasteiger partial charge in [-0.25, -0.2) is 0 Å². The molecule has 1 amide bonds. The second-order valence-corrected chi connectivity index (χ2v) is 5.54. The van der Waals surface area contributed by atoms with Crippen molar-refractivity contribution >= 4 is 46.5 Å². The van der Waals surface area contributed by atoms with Gasteiger partial charge in [0, 0.05) is 23.8 Å². The molecule has 8 heteroatoms. The summed E-state index contributed by atoms with van der Waals surface area (Å²) in [7, 11) is 1.29. The second-order valence-electron chi connectivity index (χ2n) is 4.72. The number of ether oxygens (including phenoxy) is 1. The Hall–Kier alpha value is -1.86. The van der Waals surface area contributed by atoms with Gasteiger partial charge in [0.2, 0.25) is 5.91 Å². The topological polar surface area (TPSA) is 70.7 Å². The maximum atomic E-state index is 12.0. The number of methoxy groups -OCH3 is 1. The van der Waals surface area contributed by atoms with Crippen LogP contribution in [0, 0.1) is 0 Å². The van der Waals surface area contributed by atoms with Crippen molar-refractivity contribution in [2.75, 3.05) is 25.5 Å². The predicted octanol–water partition coefficient (Wildman–Crippen LogP) is 1.40. The van der Waals surface area contributed by atoms with E-state index in [0.717, 1.165) is 5.69 Å². The molecule has 118 valence electrons. The highest BCUT2D eigenvalue weighted by molar-refractivity contribution is 7.80. The monoisotopic (exact) mass is 341 g/mol. The zero-order valence-corrected chi connectivity index (χ0v) is 13.5. The quantitative estimate of drug-likeness (QED) is 0.639. The molecule has 22 heavy (non-hydrogen) atoms. The lowest BCUT2D eigenvalue weighted by Gasteiger charge is -2.36. The standard InChI is InChI=1S/C14H16ClN3O3S/c1-21-12(19)8-11-13(20)16-6-7-18(11)14(22)17-10-4-2-9(15)3-5-10/h2-5,11H,6-8H2,1H3,(H,16,20)(H,17,22). The van der Waals surface area contributed by atoms with E-state index in [4.69, 9.17) is 23.8 Å². The first kappa shape index (κ1) is 16.5.